The summed E-state index contributed by atoms with van der Waals surface area (Å²) in [6, 6.07) is 1.51. The smallest absolute Gasteiger partial charge is 0.182 e. The molecule has 0 bridgehead atoms. The van der Waals surface area contributed by atoms with Crippen LogP contribution in [0.5, 0.6) is 11.5 Å². The first-order valence-electron chi connectivity index (χ1n) is 5.25. The Morgan fingerprint density at radius 1 is 1.33 bits per heavy atom. The van der Waals surface area contributed by atoms with E-state index in [1.807, 2.05) is 0 Å². The molecule has 0 unspecified atom stereocenters. The Morgan fingerprint density at radius 3 is 2.83 bits per heavy atom. The van der Waals surface area contributed by atoms with Gasteiger partial charge in [-0.25, -0.2) is 4.39 Å². The number of aromatic nitrogens is 2. The van der Waals surface area contributed by atoms with E-state index in [0.29, 0.717) is 24.5 Å². The van der Waals surface area contributed by atoms with E-state index in [1.165, 1.54) is 12.3 Å². The van der Waals surface area contributed by atoms with Crippen molar-refractivity contribution in [2.75, 3.05) is 18.9 Å². The molecule has 0 spiro atoms. The van der Waals surface area contributed by atoms with Gasteiger partial charge in [-0.15, -0.1) is 0 Å². The number of nitrogens with two attached hydrogens (primary N) is 1. The molecule has 0 aliphatic carbocycles. The minimum atomic E-state index is -0.603. The number of nitrogens with zero attached hydrogens (tertiary/aromatic N) is 1. The summed E-state index contributed by atoms with van der Waals surface area (Å²) >= 11 is 5.93. The molecule has 0 atom stereocenters. The van der Waals surface area contributed by atoms with Gasteiger partial charge in [-0.2, -0.15) is 5.10 Å². The molecular formula is C11H9ClFN3O2. The van der Waals surface area contributed by atoms with Gasteiger partial charge >= 0.3 is 0 Å². The molecule has 7 heteroatoms. The molecule has 0 amide bonds. The number of hydrogen-bond donors (Lipinski definition) is 2. The lowest BCUT2D eigenvalue weighted by atomic mass is 10.1. The second-order valence-electron chi connectivity index (χ2n) is 3.77. The zero-order valence-electron chi connectivity index (χ0n) is 9.17. The first-order chi connectivity index (χ1) is 8.68. The second-order valence-corrected chi connectivity index (χ2v) is 4.15. The molecular weight excluding hydrogens is 261 g/mol. The molecule has 18 heavy (non-hydrogen) atoms. The quantitative estimate of drug-likeness (QED) is 0.833. The summed E-state index contributed by atoms with van der Waals surface area (Å²) in [5, 5.41) is 6.18. The molecule has 0 fully saturated rings. The number of ether oxygens (including phenoxy) is 2. The lowest BCUT2D eigenvalue weighted by molar-refractivity contribution is 0.171. The molecule has 1 aliphatic rings. The number of benzene rings is 1. The van der Waals surface area contributed by atoms with E-state index in [2.05, 4.69) is 10.2 Å². The average molecular weight is 270 g/mol. The van der Waals surface area contributed by atoms with E-state index in [9.17, 15) is 4.39 Å². The zero-order chi connectivity index (χ0) is 12.7. The number of fused-ring (bicyclic) bond motifs is 1. The van der Waals surface area contributed by atoms with Crippen molar-refractivity contribution in [1.82, 2.24) is 10.2 Å². The highest BCUT2D eigenvalue weighted by molar-refractivity contribution is 6.32. The summed E-state index contributed by atoms with van der Waals surface area (Å²) in [5.41, 5.74) is 6.34. The van der Waals surface area contributed by atoms with Crippen molar-refractivity contribution in [2.45, 2.75) is 0 Å². The SMILES string of the molecule is Nc1[nH]ncc1-c1cc2c(c(Cl)c1F)OCCO2. The van der Waals surface area contributed by atoms with E-state index >= 15 is 0 Å². The molecule has 94 valence electrons. The van der Waals surface area contributed by atoms with Gasteiger partial charge in [0.05, 0.1) is 6.20 Å². The topological polar surface area (TPSA) is 73.2 Å². The lowest BCUT2D eigenvalue weighted by Gasteiger charge is -2.20. The number of anilines is 1. The summed E-state index contributed by atoms with van der Waals surface area (Å²) in [4.78, 5) is 0. The molecule has 0 saturated carbocycles. The second kappa shape index (κ2) is 4.06. The van der Waals surface area contributed by atoms with E-state index in [4.69, 9.17) is 26.8 Å². The fourth-order valence-corrected chi connectivity index (χ4v) is 2.08. The fourth-order valence-electron chi connectivity index (χ4n) is 1.83. The highest BCUT2D eigenvalue weighted by atomic mass is 35.5. The molecule has 1 aromatic heterocycles. The summed E-state index contributed by atoms with van der Waals surface area (Å²) < 4.78 is 24.8. The van der Waals surface area contributed by atoms with Crippen LogP contribution >= 0.6 is 11.6 Å². The Labute approximate surface area is 107 Å². The fraction of sp³-hybridized carbons (Fsp3) is 0.182. The summed E-state index contributed by atoms with van der Waals surface area (Å²) in [6.45, 7) is 0.745. The molecule has 5 nitrogen and oxygen atoms in total. The largest absolute Gasteiger partial charge is 0.486 e. The van der Waals surface area contributed by atoms with Crippen LogP contribution in [0.2, 0.25) is 5.02 Å². The van der Waals surface area contributed by atoms with Crippen molar-refractivity contribution in [3.05, 3.63) is 23.1 Å². The number of hydrogen-bond acceptors (Lipinski definition) is 4. The Morgan fingerprint density at radius 2 is 2.11 bits per heavy atom. The Balaban J connectivity index is 2.22. The van der Waals surface area contributed by atoms with Crippen molar-refractivity contribution < 1.29 is 13.9 Å². The number of halogens is 2. The van der Waals surface area contributed by atoms with Crippen LogP contribution in [0.25, 0.3) is 11.1 Å². The summed E-state index contributed by atoms with van der Waals surface area (Å²) in [7, 11) is 0. The van der Waals surface area contributed by atoms with Gasteiger partial charge < -0.3 is 15.2 Å². The zero-order valence-corrected chi connectivity index (χ0v) is 9.92. The van der Waals surface area contributed by atoms with E-state index in [1.54, 1.807) is 0 Å². The van der Waals surface area contributed by atoms with Crippen molar-refractivity contribution in [3.8, 4) is 22.6 Å². The first kappa shape index (κ1) is 11.2. The van der Waals surface area contributed by atoms with Crippen LogP contribution in [0.1, 0.15) is 0 Å². The molecule has 1 aliphatic heterocycles. The maximum Gasteiger partial charge on any atom is 0.182 e. The molecule has 3 rings (SSSR count). The van der Waals surface area contributed by atoms with E-state index in [0.717, 1.165) is 0 Å². The van der Waals surface area contributed by atoms with Crippen LogP contribution in [0.15, 0.2) is 12.3 Å². The highest BCUT2D eigenvalue weighted by Gasteiger charge is 2.24. The molecule has 0 radical (unpaired) electrons. The van der Waals surface area contributed by atoms with Gasteiger partial charge in [-0.1, -0.05) is 11.6 Å². The van der Waals surface area contributed by atoms with Gasteiger partial charge in [0.2, 0.25) is 0 Å². The Bertz CT molecular complexity index is 615. The number of nitrogens with one attached hydrogen (secondary N) is 1. The van der Waals surface area contributed by atoms with Gasteiger partial charge in [0.15, 0.2) is 17.3 Å². The minimum absolute atomic E-state index is 0.109. The van der Waals surface area contributed by atoms with Gasteiger partial charge in [0.1, 0.15) is 24.1 Å². The molecule has 2 aromatic rings. The lowest BCUT2D eigenvalue weighted by Crippen LogP contribution is -2.16. The molecule has 1 aromatic carbocycles. The normalized spacial score (nSPS) is 13.7. The van der Waals surface area contributed by atoms with Crippen molar-refractivity contribution in [1.29, 1.82) is 0 Å². The van der Waals surface area contributed by atoms with Crippen molar-refractivity contribution in [3.63, 3.8) is 0 Å². The average Bonchev–Trinajstić information content (AvgIpc) is 2.80. The monoisotopic (exact) mass is 269 g/mol. The first-order valence-corrected chi connectivity index (χ1v) is 5.63. The van der Waals surface area contributed by atoms with Crippen molar-refractivity contribution >= 4 is 17.4 Å². The number of H-pyrrole nitrogens is 1. The van der Waals surface area contributed by atoms with Crippen LogP contribution < -0.4 is 15.2 Å². The Kier molecular flexibility index (Phi) is 2.52. The third-order valence-corrected chi connectivity index (χ3v) is 3.01. The number of rotatable bonds is 1. The van der Waals surface area contributed by atoms with Gasteiger partial charge in [-0.05, 0) is 6.07 Å². The van der Waals surface area contributed by atoms with Crippen LogP contribution in [0.3, 0.4) is 0 Å². The summed E-state index contributed by atoms with van der Waals surface area (Å²) in [5.74, 6) is 0.296. The van der Waals surface area contributed by atoms with Crippen LogP contribution in [0.4, 0.5) is 10.2 Å². The maximum absolute atomic E-state index is 14.2. The number of aromatic amines is 1. The maximum atomic E-state index is 14.2. The third-order valence-electron chi connectivity index (χ3n) is 2.67. The van der Waals surface area contributed by atoms with Crippen LogP contribution in [-0.2, 0) is 0 Å². The Hall–Kier alpha value is -1.95. The predicted molar refractivity (Wildman–Crippen MR) is 64.4 cm³/mol. The molecule has 3 N–H and O–H groups in total. The van der Waals surface area contributed by atoms with Crippen LogP contribution in [-0.4, -0.2) is 23.4 Å². The van der Waals surface area contributed by atoms with Crippen molar-refractivity contribution in [2.24, 2.45) is 0 Å². The molecule has 0 saturated heterocycles. The van der Waals surface area contributed by atoms with Gasteiger partial charge in [0.25, 0.3) is 0 Å². The molecule has 2 heterocycles. The summed E-state index contributed by atoms with van der Waals surface area (Å²) in [6.07, 6.45) is 1.43. The predicted octanol–water partition coefficient (Wildman–Crippen LogP) is 2.22. The van der Waals surface area contributed by atoms with E-state index in [-0.39, 0.29) is 22.2 Å². The minimum Gasteiger partial charge on any atom is -0.486 e. The highest BCUT2D eigenvalue weighted by Crippen LogP contribution is 2.44. The van der Waals surface area contributed by atoms with Gasteiger partial charge in [-0.3, -0.25) is 5.10 Å². The van der Waals surface area contributed by atoms with Crippen LogP contribution in [0, 0.1) is 5.82 Å². The van der Waals surface area contributed by atoms with E-state index < -0.39 is 5.82 Å². The standard InChI is InChI=1S/C11H9ClFN3O2/c12-8-9(13)5(6-4-15-16-11(6)14)3-7-10(8)18-2-1-17-7/h3-4H,1-2H2,(H3,14,15,16). The third kappa shape index (κ3) is 1.57. The van der Waals surface area contributed by atoms with Gasteiger partial charge in [0, 0.05) is 11.1 Å². The number of nitrogen functional groups attached to an aromatic ring is 1.